The first kappa shape index (κ1) is 12.9. The predicted molar refractivity (Wildman–Crippen MR) is 76.1 cm³/mol. The normalized spacial score (nSPS) is 10.2. The van der Waals surface area contributed by atoms with Gasteiger partial charge in [-0.25, -0.2) is 9.97 Å². The maximum absolute atomic E-state index is 6.08. The molecule has 0 atom stereocenters. The summed E-state index contributed by atoms with van der Waals surface area (Å²) in [4.78, 5) is 8.50. The Balaban J connectivity index is 2.33. The third kappa shape index (κ3) is 3.03. The lowest BCUT2D eigenvalue weighted by Gasteiger charge is -2.10. The van der Waals surface area contributed by atoms with Crippen molar-refractivity contribution < 1.29 is 0 Å². The molecule has 94 valence electrons. The molecule has 0 aliphatic heterocycles. The van der Waals surface area contributed by atoms with Crippen molar-refractivity contribution in [1.82, 2.24) is 9.97 Å². The molecule has 2 aromatic rings. The van der Waals surface area contributed by atoms with E-state index in [1.807, 2.05) is 6.92 Å². The number of aryl methyl sites for hydroxylation is 1. The van der Waals surface area contributed by atoms with Crippen LogP contribution in [0.2, 0.25) is 10.0 Å². The van der Waals surface area contributed by atoms with Gasteiger partial charge < -0.3 is 10.6 Å². The zero-order valence-electron chi connectivity index (χ0n) is 9.96. The van der Waals surface area contributed by atoms with Gasteiger partial charge in [0.25, 0.3) is 0 Å². The number of rotatable bonds is 3. The van der Waals surface area contributed by atoms with Crippen LogP contribution in [0.15, 0.2) is 24.3 Å². The highest BCUT2D eigenvalue weighted by Crippen LogP contribution is 2.28. The average Bonchev–Trinajstić information content (AvgIpc) is 2.33. The zero-order valence-corrected chi connectivity index (χ0v) is 11.5. The molecule has 0 unspecified atom stereocenters. The van der Waals surface area contributed by atoms with Gasteiger partial charge in [-0.3, -0.25) is 0 Å². The van der Waals surface area contributed by atoms with Gasteiger partial charge in [0.15, 0.2) is 0 Å². The van der Waals surface area contributed by atoms with Crippen LogP contribution in [0, 0.1) is 6.92 Å². The summed E-state index contributed by atoms with van der Waals surface area (Å²) in [7, 11) is 1.80. The van der Waals surface area contributed by atoms with Crippen LogP contribution in [0.3, 0.4) is 0 Å². The van der Waals surface area contributed by atoms with Crippen molar-refractivity contribution in [2.45, 2.75) is 6.92 Å². The number of nitrogens with one attached hydrogen (secondary N) is 2. The number of nitrogens with zero attached hydrogens (tertiary/aromatic N) is 2. The molecule has 0 saturated heterocycles. The summed E-state index contributed by atoms with van der Waals surface area (Å²) < 4.78 is 0. The first-order valence-electron chi connectivity index (χ1n) is 5.34. The SMILES string of the molecule is CNc1cc(Nc2cc(Cl)ccc2Cl)nc(C)n1. The average molecular weight is 283 g/mol. The molecule has 6 heteroatoms. The van der Waals surface area contributed by atoms with E-state index in [-0.39, 0.29) is 0 Å². The van der Waals surface area contributed by atoms with E-state index >= 15 is 0 Å². The topological polar surface area (TPSA) is 49.8 Å². The number of halogens is 2. The smallest absolute Gasteiger partial charge is 0.136 e. The number of aromatic nitrogens is 2. The Morgan fingerprint density at radius 2 is 1.78 bits per heavy atom. The number of anilines is 3. The second-order valence-corrected chi connectivity index (χ2v) is 4.53. The summed E-state index contributed by atoms with van der Waals surface area (Å²) in [6, 6.07) is 7.02. The molecular weight excluding hydrogens is 271 g/mol. The van der Waals surface area contributed by atoms with Crippen LogP contribution >= 0.6 is 23.2 Å². The maximum atomic E-state index is 6.08. The zero-order chi connectivity index (χ0) is 13.1. The molecule has 0 bridgehead atoms. The fourth-order valence-electron chi connectivity index (χ4n) is 1.49. The molecular formula is C12H12Cl2N4. The Morgan fingerprint density at radius 1 is 1.06 bits per heavy atom. The van der Waals surface area contributed by atoms with Gasteiger partial charge in [0.05, 0.1) is 10.7 Å². The van der Waals surface area contributed by atoms with Gasteiger partial charge in [0, 0.05) is 18.1 Å². The van der Waals surface area contributed by atoms with Crippen molar-refractivity contribution in [3.63, 3.8) is 0 Å². The summed E-state index contributed by atoms with van der Waals surface area (Å²) in [6.07, 6.45) is 0. The van der Waals surface area contributed by atoms with E-state index in [0.717, 1.165) is 5.82 Å². The molecule has 0 aliphatic rings. The van der Waals surface area contributed by atoms with Gasteiger partial charge >= 0.3 is 0 Å². The van der Waals surface area contributed by atoms with Crippen LogP contribution in [-0.2, 0) is 0 Å². The first-order chi connectivity index (χ1) is 8.58. The van der Waals surface area contributed by atoms with Crippen LogP contribution < -0.4 is 10.6 Å². The lowest BCUT2D eigenvalue weighted by molar-refractivity contribution is 1.06. The lowest BCUT2D eigenvalue weighted by Crippen LogP contribution is -2.01. The van der Waals surface area contributed by atoms with E-state index in [2.05, 4.69) is 20.6 Å². The van der Waals surface area contributed by atoms with Gasteiger partial charge in [-0.05, 0) is 25.1 Å². The van der Waals surface area contributed by atoms with Crippen LogP contribution in [0.1, 0.15) is 5.82 Å². The summed E-state index contributed by atoms with van der Waals surface area (Å²) in [6.45, 7) is 1.82. The van der Waals surface area contributed by atoms with Crippen LogP contribution in [0.4, 0.5) is 17.3 Å². The highest BCUT2D eigenvalue weighted by Gasteiger charge is 2.05. The molecule has 4 nitrogen and oxygen atoms in total. The molecule has 0 saturated carbocycles. The van der Waals surface area contributed by atoms with Crippen LogP contribution in [0.25, 0.3) is 0 Å². The summed E-state index contributed by atoms with van der Waals surface area (Å²) >= 11 is 12.0. The second-order valence-electron chi connectivity index (χ2n) is 3.68. The van der Waals surface area contributed by atoms with Crippen molar-refractivity contribution in [2.24, 2.45) is 0 Å². The third-order valence-electron chi connectivity index (χ3n) is 2.29. The maximum Gasteiger partial charge on any atom is 0.136 e. The van der Waals surface area contributed by atoms with Gasteiger partial charge in [0.2, 0.25) is 0 Å². The molecule has 1 heterocycles. The first-order valence-corrected chi connectivity index (χ1v) is 6.09. The number of hydrogen-bond acceptors (Lipinski definition) is 4. The van der Waals surface area contributed by atoms with Gasteiger partial charge in [-0.15, -0.1) is 0 Å². The summed E-state index contributed by atoms with van der Waals surface area (Å²) in [5, 5.41) is 7.29. The Morgan fingerprint density at radius 3 is 2.50 bits per heavy atom. The van der Waals surface area contributed by atoms with E-state index in [4.69, 9.17) is 23.2 Å². The van der Waals surface area contributed by atoms with Gasteiger partial charge in [-0.2, -0.15) is 0 Å². The minimum Gasteiger partial charge on any atom is -0.373 e. The van der Waals surface area contributed by atoms with Crippen molar-refractivity contribution in [3.05, 3.63) is 40.1 Å². The Hall–Kier alpha value is -1.52. The molecule has 1 aromatic carbocycles. The Kier molecular flexibility index (Phi) is 3.89. The van der Waals surface area contributed by atoms with Gasteiger partial charge in [0.1, 0.15) is 17.5 Å². The predicted octanol–water partition coefficient (Wildman–Crippen LogP) is 3.88. The van der Waals surface area contributed by atoms with Crippen molar-refractivity contribution >= 4 is 40.5 Å². The molecule has 0 radical (unpaired) electrons. The Labute approximate surface area is 115 Å². The number of benzene rings is 1. The van der Waals surface area contributed by atoms with Crippen molar-refractivity contribution in [3.8, 4) is 0 Å². The molecule has 0 fully saturated rings. The fraction of sp³-hybridized carbons (Fsp3) is 0.167. The highest BCUT2D eigenvalue weighted by atomic mass is 35.5. The van der Waals surface area contributed by atoms with Crippen LogP contribution in [0.5, 0.6) is 0 Å². The lowest BCUT2D eigenvalue weighted by atomic mass is 10.3. The Bertz CT molecular complexity index is 572. The largest absolute Gasteiger partial charge is 0.373 e. The quantitative estimate of drug-likeness (QED) is 0.897. The van der Waals surface area contributed by atoms with E-state index in [1.54, 1.807) is 31.3 Å². The molecule has 0 spiro atoms. The van der Waals surface area contributed by atoms with Crippen molar-refractivity contribution in [2.75, 3.05) is 17.7 Å². The van der Waals surface area contributed by atoms with E-state index in [0.29, 0.717) is 27.4 Å². The summed E-state index contributed by atoms with van der Waals surface area (Å²) in [5.74, 6) is 2.07. The monoisotopic (exact) mass is 282 g/mol. The van der Waals surface area contributed by atoms with Gasteiger partial charge in [-0.1, -0.05) is 23.2 Å². The van der Waals surface area contributed by atoms with E-state index in [1.165, 1.54) is 0 Å². The third-order valence-corrected chi connectivity index (χ3v) is 2.85. The molecule has 1 aromatic heterocycles. The second kappa shape index (κ2) is 5.42. The highest BCUT2D eigenvalue weighted by molar-refractivity contribution is 6.35. The molecule has 0 amide bonds. The van der Waals surface area contributed by atoms with E-state index in [9.17, 15) is 0 Å². The minimum absolute atomic E-state index is 0.585. The summed E-state index contributed by atoms with van der Waals surface area (Å²) in [5.41, 5.74) is 0.712. The number of hydrogen-bond donors (Lipinski definition) is 2. The fourth-order valence-corrected chi connectivity index (χ4v) is 1.83. The van der Waals surface area contributed by atoms with Crippen LogP contribution in [-0.4, -0.2) is 17.0 Å². The standard InChI is InChI=1S/C12H12Cl2N4/c1-7-16-11(15-2)6-12(17-7)18-10-5-8(13)3-4-9(10)14/h3-6H,1-2H3,(H2,15,16,17,18). The molecule has 2 rings (SSSR count). The minimum atomic E-state index is 0.585. The van der Waals surface area contributed by atoms with E-state index < -0.39 is 0 Å². The van der Waals surface area contributed by atoms with Crippen molar-refractivity contribution in [1.29, 1.82) is 0 Å². The molecule has 18 heavy (non-hydrogen) atoms. The molecule has 2 N–H and O–H groups in total. The molecule has 0 aliphatic carbocycles.